The lowest BCUT2D eigenvalue weighted by Gasteiger charge is -2.36. The van der Waals surface area contributed by atoms with Crippen LogP contribution in [0.1, 0.15) is 10.4 Å². The maximum Gasteiger partial charge on any atom is 0.253 e. The van der Waals surface area contributed by atoms with Crippen molar-refractivity contribution in [1.29, 1.82) is 0 Å². The fraction of sp³-hybridized carbons (Fsp3) is 0.250. The predicted octanol–water partition coefficient (Wildman–Crippen LogP) is 1.39. The number of hydrogen-bond acceptors (Lipinski definition) is 6. The van der Waals surface area contributed by atoms with Crippen molar-refractivity contribution in [3.63, 3.8) is 0 Å². The highest BCUT2D eigenvalue weighted by atomic mass is 35.5. The molecule has 1 aliphatic rings. The maximum atomic E-state index is 12.6. The van der Waals surface area contributed by atoms with Crippen LogP contribution < -0.4 is 10.2 Å². The molecule has 154 valence electrons. The molecule has 0 unspecified atom stereocenters. The Morgan fingerprint density at radius 2 is 1.83 bits per heavy atom. The molecule has 0 bridgehead atoms. The van der Waals surface area contributed by atoms with E-state index in [1.807, 2.05) is 24.3 Å². The number of rotatable bonds is 5. The molecule has 2 heterocycles. The molecular weight excluding hydrogens is 406 g/mol. The molecule has 1 saturated heterocycles. The van der Waals surface area contributed by atoms with Crippen LogP contribution in [0.25, 0.3) is 5.69 Å². The van der Waals surface area contributed by atoms with Crippen molar-refractivity contribution in [3.05, 3.63) is 65.4 Å². The van der Waals surface area contributed by atoms with Gasteiger partial charge in [0.05, 0.1) is 17.8 Å². The summed E-state index contributed by atoms with van der Waals surface area (Å²) in [6, 6.07) is 14.6. The van der Waals surface area contributed by atoms with E-state index in [4.69, 9.17) is 11.6 Å². The second-order valence-corrected chi connectivity index (χ2v) is 7.24. The molecule has 1 N–H and O–H groups in total. The number of nitrogens with zero attached hydrogens (tertiary/aromatic N) is 6. The molecular formula is C20H20ClN7O2. The van der Waals surface area contributed by atoms with E-state index in [2.05, 4.69) is 25.7 Å². The monoisotopic (exact) mass is 425 g/mol. The van der Waals surface area contributed by atoms with Crippen LogP contribution in [0.2, 0.25) is 5.02 Å². The van der Waals surface area contributed by atoms with Crippen molar-refractivity contribution in [2.24, 2.45) is 0 Å². The normalized spacial score (nSPS) is 13.9. The zero-order valence-corrected chi connectivity index (χ0v) is 16.9. The van der Waals surface area contributed by atoms with Crippen LogP contribution >= 0.6 is 11.6 Å². The topological polar surface area (TPSA) is 96.2 Å². The van der Waals surface area contributed by atoms with Gasteiger partial charge in [0.25, 0.3) is 5.91 Å². The summed E-state index contributed by atoms with van der Waals surface area (Å²) in [5.41, 5.74) is 1.98. The lowest BCUT2D eigenvalue weighted by Crippen LogP contribution is -2.51. The quantitative estimate of drug-likeness (QED) is 0.663. The van der Waals surface area contributed by atoms with Gasteiger partial charge in [-0.1, -0.05) is 29.8 Å². The Morgan fingerprint density at radius 1 is 1.03 bits per heavy atom. The van der Waals surface area contributed by atoms with Gasteiger partial charge in [0.2, 0.25) is 5.91 Å². The minimum atomic E-state index is -0.355. The second-order valence-electron chi connectivity index (χ2n) is 6.80. The van der Waals surface area contributed by atoms with E-state index in [9.17, 15) is 9.59 Å². The van der Waals surface area contributed by atoms with Crippen LogP contribution in [0.4, 0.5) is 5.69 Å². The standard InChI is InChI=1S/C20H20ClN7O2/c21-15-4-3-5-16(12-15)26-8-10-27(11-9-26)19(29)13-22-20(30)17-6-1-2-7-18(17)28-14-23-24-25-28/h1-7,12,14H,8-11,13H2,(H,22,30). The number of benzene rings is 2. The second kappa shape index (κ2) is 8.91. The van der Waals surface area contributed by atoms with Crippen LogP contribution in [-0.4, -0.2) is 69.6 Å². The van der Waals surface area contributed by atoms with Crippen LogP contribution in [0, 0.1) is 0 Å². The van der Waals surface area contributed by atoms with Gasteiger partial charge in [0.1, 0.15) is 6.33 Å². The lowest BCUT2D eigenvalue weighted by molar-refractivity contribution is -0.130. The molecule has 2 amide bonds. The lowest BCUT2D eigenvalue weighted by atomic mass is 10.1. The number of halogens is 1. The van der Waals surface area contributed by atoms with Gasteiger partial charge < -0.3 is 15.1 Å². The molecule has 9 nitrogen and oxygen atoms in total. The van der Waals surface area contributed by atoms with Crippen molar-refractivity contribution in [2.75, 3.05) is 37.6 Å². The average Bonchev–Trinajstić information content (AvgIpc) is 3.32. The van der Waals surface area contributed by atoms with Crippen LogP contribution in [0.3, 0.4) is 0 Å². The molecule has 1 aliphatic heterocycles. The van der Waals surface area contributed by atoms with E-state index >= 15 is 0 Å². The van der Waals surface area contributed by atoms with E-state index in [0.29, 0.717) is 42.5 Å². The molecule has 3 aromatic rings. The summed E-state index contributed by atoms with van der Waals surface area (Å²) in [5, 5.41) is 14.4. The highest BCUT2D eigenvalue weighted by Crippen LogP contribution is 2.20. The molecule has 2 aromatic carbocycles. The third-order valence-electron chi connectivity index (χ3n) is 4.95. The molecule has 0 saturated carbocycles. The van der Waals surface area contributed by atoms with Gasteiger partial charge >= 0.3 is 0 Å². The predicted molar refractivity (Wildman–Crippen MR) is 112 cm³/mol. The summed E-state index contributed by atoms with van der Waals surface area (Å²) < 4.78 is 1.41. The summed E-state index contributed by atoms with van der Waals surface area (Å²) in [6.45, 7) is 2.52. The number of carbonyl (C=O) groups is 2. The summed E-state index contributed by atoms with van der Waals surface area (Å²) >= 11 is 6.06. The molecule has 0 atom stereocenters. The van der Waals surface area contributed by atoms with Gasteiger partial charge in [-0.25, -0.2) is 0 Å². The van der Waals surface area contributed by atoms with Crippen molar-refractivity contribution in [2.45, 2.75) is 0 Å². The van der Waals surface area contributed by atoms with E-state index in [0.717, 1.165) is 5.69 Å². The largest absolute Gasteiger partial charge is 0.368 e. The van der Waals surface area contributed by atoms with Crippen LogP contribution in [-0.2, 0) is 4.79 Å². The highest BCUT2D eigenvalue weighted by molar-refractivity contribution is 6.30. The number of aromatic nitrogens is 4. The summed E-state index contributed by atoms with van der Waals surface area (Å²) in [5.74, 6) is -0.471. The van der Waals surface area contributed by atoms with Gasteiger partial charge in [0, 0.05) is 36.9 Å². The third-order valence-corrected chi connectivity index (χ3v) is 5.19. The van der Waals surface area contributed by atoms with Crippen molar-refractivity contribution in [1.82, 2.24) is 30.4 Å². The molecule has 0 aliphatic carbocycles. The summed E-state index contributed by atoms with van der Waals surface area (Å²) in [7, 11) is 0. The average molecular weight is 426 g/mol. The number of tetrazole rings is 1. The first-order valence-corrected chi connectivity index (χ1v) is 9.88. The molecule has 0 radical (unpaired) electrons. The Labute approximate surface area is 178 Å². The van der Waals surface area contributed by atoms with Crippen molar-refractivity contribution in [3.8, 4) is 5.69 Å². The molecule has 10 heteroatoms. The van der Waals surface area contributed by atoms with Gasteiger partial charge in [-0.15, -0.1) is 5.10 Å². The number of anilines is 1. The molecule has 1 fully saturated rings. The van der Waals surface area contributed by atoms with Crippen molar-refractivity contribution < 1.29 is 9.59 Å². The number of carbonyl (C=O) groups excluding carboxylic acids is 2. The smallest absolute Gasteiger partial charge is 0.253 e. The van der Waals surface area contributed by atoms with E-state index < -0.39 is 0 Å². The Hall–Kier alpha value is -3.46. The van der Waals surface area contributed by atoms with Gasteiger partial charge in [0.15, 0.2) is 0 Å². The number of hydrogen-bond donors (Lipinski definition) is 1. The van der Waals surface area contributed by atoms with Gasteiger partial charge in [-0.3, -0.25) is 9.59 Å². The first-order chi connectivity index (χ1) is 14.6. The number of para-hydroxylation sites is 1. The highest BCUT2D eigenvalue weighted by Gasteiger charge is 2.22. The zero-order valence-electron chi connectivity index (χ0n) is 16.1. The van der Waals surface area contributed by atoms with Crippen LogP contribution in [0.15, 0.2) is 54.9 Å². The SMILES string of the molecule is O=C(NCC(=O)N1CCN(c2cccc(Cl)c2)CC1)c1ccccc1-n1cnnn1. The molecule has 4 rings (SSSR count). The minimum Gasteiger partial charge on any atom is -0.368 e. The molecule has 30 heavy (non-hydrogen) atoms. The number of piperazine rings is 1. The first kappa shape index (κ1) is 19.8. The Kier molecular flexibility index (Phi) is 5.89. The van der Waals surface area contributed by atoms with E-state index in [1.54, 1.807) is 29.2 Å². The Bertz CT molecular complexity index is 1030. The van der Waals surface area contributed by atoms with E-state index in [-0.39, 0.29) is 18.4 Å². The molecule has 1 aromatic heterocycles. The maximum absolute atomic E-state index is 12.6. The molecule has 0 spiro atoms. The van der Waals surface area contributed by atoms with Crippen LogP contribution in [0.5, 0.6) is 0 Å². The fourth-order valence-electron chi connectivity index (χ4n) is 3.39. The summed E-state index contributed by atoms with van der Waals surface area (Å²) in [4.78, 5) is 29.2. The minimum absolute atomic E-state index is 0.0695. The van der Waals surface area contributed by atoms with Crippen molar-refractivity contribution >= 4 is 29.1 Å². The Balaban J connectivity index is 1.32. The first-order valence-electron chi connectivity index (χ1n) is 9.51. The van der Waals surface area contributed by atoms with E-state index in [1.165, 1.54) is 11.0 Å². The Morgan fingerprint density at radius 3 is 2.57 bits per heavy atom. The fourth-order valence-corrected chi connectivity index (χ4v) is 3.57. The zero-order chi connectivity index (χ0) is 20.9. The number of amides is 2. The number of nitrogens with one attached hydrogen (secondary N) is 1. The van der Waals surface area contributed by atoms with Gasteiger partial charge in [-0.2, -0.15) is 4.68 Å². The van der Waals surface area contributed by atoms with Gasteiger partial charge in [-0.05, 0) is 40.8 Å². The summed E-state index contributed by atoms with van der Waals surface area (Å²) in [6.07, 6.45) is 1.41. The third kappa shape index (κ3) is 4.41.